The molecule has 0 unspecified atom stereocenters. The molecule has 0 fully saturated rings. The molecule has 0 spiro atoms. The van der Waals surface area contributed by atoms with Crippen LogP contribution in [-0.2, 0) is 0 Å². The van der Waals surface area contributed by atoms with Crippen LogP contribution in [0.25, 0.3) is 10.9 Å². The SMILES string of the molecule is CC/C(C)=N\NC(=O)c1[nH]c2ccc([N+](=O)[O-])cc2c1C. The van der Waals surface area contributed by atoms with Crippen molar-refractivity contribution in [1.82, 2.24) is 10.4 Å². The predicted octanol–water partition coefficient (Wildman–Crippen LogP) is 2.90. The highest BCUT2D eigenvalue weighted by atomic mass is 16.6. The van der Waals surface area contributed by atoms with Gasteiger partial charge in [-0.2, -0.15) is 5.10 Å². The molecule has 2 aromatic rings. The summed E-state index contributed by atoms with van der Waals surface area (Å²) in [5.74, 6) is -0.362. The Morgan fingerprint density at radius 3 is 2.81 bits per heavy atom. The molecule has 2 rings (SSSR count). The molecule has 0 aliphatic rings. The van der Waals surface area contributed by atoms with Crippen LogP contribution in [0.15, 0.2) is 23.3 Å². The molecule has 1 heterocycles. The first-order chi connectivity index (χ1) is 9.93. The zero-order valence-electron chi connectivity index (χ0n) is 12.1. The van der Waals surface area contributed by atoms with Crippen LogP contribution in [0.5, 0.6) is 0 Å². The molecular weight excluding hydrogens is 272 g/mol. The third kappa shape index (κ3) is 2.91. The molecule has 21 heavy (non-hydrogen) atoms. The first kappa shape index (κ1) is 14.7. The van der Waals surface area contributed by atoms with E-state index in [4.69, 9.17) is 0 Å². The fourth-order valence-corrected chi connectivity index (χ4v) is 1.94. The minimum Gasteiger partial charge on any atom is -0.350 e. The van der Waals surface area contributed by atoms with E-state index in [2.05, 4.69) is 15.5 Å². The van der Waals surface area contributed by atoms with E-state index in [1.807, 2.05) is 13.8 Å². The number of benzene rings is 1. The minimum absolute atomic E-state index is 0.00333. The summed E-state index contributed by atoms with van der Waals surface area (Å²) in [6, 6.07) is 4.45. The summed E-state index contributed by atoms with van der Waals surface area (Å²) in [6.07, 6.45) is 0.748. The van der Waals surface area contributed by atoms with Crippen molar-refractivity contribution < 1.29 is 9.72 Å². The lowest BCUT2D eigenvalue weighted by molar-refractivity contribution is -0.384. The van der Waals surface area contributed by atoms with Gasteiger partial charge in [0.1, 0.15) is 5.69 Å². The van der Waals surface area contributed by atoms with Crippen LogP contribution in [0.4, 0.5) is 5.69 Å². The van der Waals surface area contributed by atoms with Crippen LogP contribution >= 0.6 is 0 Å². The first-order valence-corrected chi connectivity index (χ1v) is 6.54. The number of nitro benzene ring substituents is 1. The van der Waals surface area contributed by atoms with Gasteiger partial charge in [0.25, 0.3) is 11.6 Å². The van der Waals surface area contributed by atoms with E-state index in [0.29, 0.717) is 22.2 Å². The molecule has 2 N–H and O–H groups in total. The van der Waals surface area contributed by atoms with Gasteiger partial charge in [0, 0.05) is 28.7 Å². The topological polar surface area (TPSA) is 100 Å². The van der Waals surface area contributed by atoms with E-state index >= 15 is 0 Å². The molecule has 0 aliphatic carbocycles. The second-order valence-corrected chi connectivity index (χ2v) is 4.75. The number of hydrogen-bond donors (Lipinski definition) is 2. The van der Waals surface area contributed by atoms with E-state index in [9.17, 15) is 14.9 Å². The summed E-state index contributed by atoms with van der Waals surface area (Å²) in [6.45, 7) is 5.51. The molecule has 1 amide bonds. The zero-order valence-corrected chi connectivity index (χ0v) is 12.1. The summed E-state index contributed by atoms with van der Waals surface area (Å²) in [7, 11) is 0. The number of nitrogens with zero attached hydrogens (tertiary/aromatic N) is 2. The number of nitro groups is 1. The van der Waals surface area contributed by atoms with Crippen molar-refractivity contribution in [2.75, 3.05) is 0 Å². The van der Waals surface area contributed by atoms with Gasteiger partial charge in [-0.3, -0.25) is 14.9 Å². The Morgan fingerprint density at radius 2 is 2.19 bits per heavy atom. The molecule has 0 saturated carbocycles. The van der Waals surface area contributed by atoms with Gasteiger partial charge < -0.3 is 4.98 Å². The van der Waals surface area contributed by atoms with Crippen molar-refractivity contribution in [3.05, 3.63) is 39.6 Å². The number of rotatable bonds is 4. The quantitative estimate of drug-likeness (QED) is 0.514. The second-order valence-electron chi connectivity index (χ2n) is 4.75. The summed E-state index contributed by atoms with van der Waals surface area (Å²) in [5.41, 5.74) is 4.98. The van der Waals surface area contributed by atoms with Gasteiger partial charge in [-0.05, 0) is 31.9 Å². The number of nitrogens with one attached hydrogen (secondary N) is 2. The fourth-order valence-electron chi connectivity index (χ4n) is 1.94. The number of amides is 1. The number of non-ortho nitro benzene ring substituents is 1. The Kier molecular flexibility index (Phi) is 4.02. The van der Waals surface area contributed by atoms with Gasteiger partial charge in [0.15, 0.2) is 0 Å². The zero-order chi connectivity index (χ0) is 15.6. The van der Waals surface area contributed by atoms with E-state index in [1.165, 1.54) is 12.1 Å². The van der Waals surface area contributed by atoms with Gasteiger partial charge in [-0.25, -0.2) is 5.43 Å². The lowest BCUT2D eigenvalue weighted by Crippen LogP contribution is -2.20. The Hall–Kier alpha value is -2.70. The highest BCUT2D eigenvalue weighted by Gasteiger charge is 2.16. The van der Waals surface area contributed by atoms with Crippen molar-refractivity contribution in [2.24, 2.45) is 5.10 Å². The summed E-state index contributed by atoms with van der Waals surface area (Å²) in [4.78, 5) is 25.4. The second kappa shape index (κ2) is 5.74. The highest BCUT2D eigenvalue weighted by Crippen LogP contribution is 2.25. The van der Waals surface area contributed by atoms with Crippen molar-refractivity contribution >= 4 is 28.2 Å². The molecule has 0 saturated heterocycles. The maximum atomic E-state index is 12.1. The standard InChI is InChI=1S/C14H16N4O3/c1-4-8(2)16-17-14(19)13-9(3)11-7-10(18(20)21)5-6-12(11)15-13/h5-7,15H,4H2,1-3H3,(H,17,19)/b16-8-. The monoisotopic (exact) mass is 288 g/mol. The van der Waals surface area contributed by atoms with E-state index in [0.717, 1.165) is 12.1 Å². The number of aryl methyl sites for hydroxylation is 1. The van der Waals surface area contributed by atoms with Crippen molar-refractivity contribution in [2.45, 2.75) is 27.2 Å². The molecular formula is C14H16N4O3. The Morgan fingerprint density at radius 1 is 1.48 bits per heavy atom. The Labute approximate surface area is 121 Å². The Bertz CT molecular complexity index is 746. The van der Waals surface area contributed by atoms with Gasteiger partial charge >= 0.3 is 0 Å². The van der Waals surface area contributed by atoms with Gasteiger partial charge in [-0.1, -0.05) is 6.92 Å². The lowest BCUT2D eigenvalue weighted by atomic mass is 10.1. The minimum atomic E-state index is -0.458. The van der Waals surface area contributed by atoms with Crippen molar-refractivity contribution in [3.8, 4) is 0 Å². The third-order valence-electron chi connectivity index (χ3n) is 3.34. The average Bonchev–Trinajstić information content (AvgIpc) is 2.81. The molecule has 1 aromatic carbocycles. The number of H-pyrrole nitrogens is 1. The van der Waals surface area contributed by atoms with Gasteiger partial charge in [0.05, 0.1) is 4.92 Å². The van der Waals surface area contributed by atoms with Crippen molar-refractivity contribution in [3.63, 3.8) is 0 Å². The smallest absolute Gasteiger partial charge is 0.288 e. The number of fused-ring (bicyclic) bond motifs is 1. The molecule has 0 atom stereocenters. The normalized spacial score (nSPS) is 11.7. The fraction of sp³-hybridized carbons (Fsp3) is 0.286. The maximum absolute atomic E-state index is 12.1. The van der Waals surface area contributed by atoms with Crippen LogP contribution in [0.2, 0.25) is 0 Å². The number of carbonyl (C=O) groups is 1. The largest absolute Gasteiger partial charge is 0.350 e. The van der Waals surface area contributed by atoms with Crippen LogP contribution in [0.3, 0.4) is 0 Å². The molecule has 1 aromatic heterocycles. The average molecular weight is 288 g/mol. The number of carbonyl (C=O) groups excluding carboxylic acids is 1. The lowest BCUT2D eigenvalue weighted by Gasteiger charge is -2.00. The maximum Gasteiger partial charge on any atom is 0.288 e. The molecule has 0 radical (unpaired) electrons. The van der Waals surface area contributed by atoms with Crippen molar-refractivity contribution in [1.29, 1.82) is 0 Å². The summed E-state index contributed by atoms with van der Waals surface area (Å²) < 4.78 is 0. The van der Waals surface area contributed by atoms with E-state index in [-0.39, 0.29) is 11.6 Å². The molecule has 0 bridgehead atoms. The van der Waals surface area contributed by atoms with Crippen LogP contribution < -0.4 is 5.43 Å². The molecule has 0 aliphatic heterocycles. The van der Waals surface area contributed by atoms with Gasteiger partial charge in [0.2, 0.25) is 0 Å². The first-order valence-electron chi connectivity index (χ1n) is 6.54. The Balaban J connectivity index is 2.39. The number of hydrazone groups is 1. The predicted molar refractivity (Wildman–Crippen MR) is 80.6 cm³/mol. The molecule has 7 nitrogen and oxygen atoms in total. The van der Waals surface area contributed by atoms with Crippen LogP contribution in [0.1, 0.15) is 36.3 Å². The number of hydrogen-bond acceptors (Lipinski definition) is 4. The summed E-state index contributed by atoms with van der Waals surface area (Å²) >= 11 is 0. The summed E-state index contributed by atoms with van der Waals surface area (Å²) in [5, 5.41) is 15.4. The van der Waals surface area contributed by atoms with E-state index < -0.39 is 4.92 Å². The highest BCUT2D eigenvalue weighted by molar-refractivity contribution is 6.01. The van der Waals surface area contributed by atoms with Crippen LogP contribution in [0, 0.1) is 17.0 Å². The number of aromatic amines is 1. The third-order valence-corrected chi connectivity index (χ3v) is 3.34. The molecule has 7 heteroatoms. The number of aromatic nitrogens is 1. The van der Waals surface area contributed by atoms with Gasteiger partial charge in [-0.15, -0.1) is 0 Å². The van der Waals surface area contributed by atoms with E-state index in [1.54, 1.807) is 13.0 Å². The molecule has 110 valence electrons. The van der Waals surface area contributed by atoms with Crippen LogP contribution in [-0.4, -0.2) is 21.5 Å².